The number of anilines is 1. The van der Waals surface area contributed by atoms with Crippen molar-refractivity contribution in [3.63, 3.8) is 0 Å². The van der Waals surface area contributed by atoms with Crippen LogP contribution in [0, 0.1) is 0 Å². The molecule has 0 spiro atoms. The summed E-state index contributed by atoms with van der Waals surface area (Å²) in [6.45, 7) is 4.57. The lowest BCUT2D eigenvalue weighted by Gasteiger charge is -2.34. The molecule has 3 aromatic rings. The van der Waals surface area contributed by atoms with Crippen LogP contribution in [0.25, 0.3) is 11.1 Å². The summed E-state index contributed by atoms with van der Waals surface area (Å²) in [5, 5.41) is 0. The first kappa shape index (κ1) is 13.2. The highest BCUT2D eigenvalue weighted by Crippen LogP contribution is 2.17. The van der Waals surface area contributed by atoms with Crippen LogP contribution in [0.2, 0.25) is 0 Å². The van der Waals surface area contributed by atoms with Crippen LogP contribution in [0.1, 0.15) is 5.89 Å². The molecule has 1 aliphatic heterocycles. The quantitative estimate of drug-likeness (QED) is 0.736. The monoisotopic (exact) mass is 295 g/mol. The highest BCUT2D eigenvalue weighted by Gasteiger charge is 2.19. The Kier molecular flexibility index (Phi) is 3.44. The third kappa shape index (κ3) is 2.65. The molecule has 0 aliphatic carbocycles. The van der Waals surface area contributed by atoms with E-state index in [1.807, 2.05) is 30.5 Å². The first-order valence-corrected chi connectivity index (χ1v) is 7.46. The summed E-state index contributed by atoms with van der Waals surface area (Å²) in [4.78, 5) is 17.6. The maximum Gasteiger partial charge on any atom is 0.209 e. The van der Waals surface area contributed by atoms with Crippen LogP contribution in [0.4, 0.5) is 5.82 Å². The molecule has 0 unspecified atom stereocenters. The average molecular weight is 295 g/mol. The van der Waals surface area contributed by atoms with Gasteiger partial charge in [0, 0.05) is 38.6 Å². The predicted octanol–water partition coefficient (Wildman–Crippen LogP) is 1.94. The largest absolute Gasteiger partial charge is 0.439 e. The molecule has 22 heavy (non-hydrogen) atoms. The summed E-state index contributed by atoms with van der Waals surface area (Å²) in [5.74, 6) is 1.73. The van der Waals surface area contributed by atoms with Gasteiger partial charge in [0.1, 0.15) is 11.3 Å². The zero-order chi connectivity index (χ0) is 14.8. The van der Waals surface area contributed by atoms with Crippen molar-refractivity contribution in [2.24, 2.45) is 0 Å². The van der Waals surface area contributed by atoms with Crippen molar-refractivity contribution in [1.82, 2.24) is 19.9 Å². The number of fused-ring (bicyclic) bond motifs is 1. The molecule has 1 aromatic carbocycles. The number of para-hydroxylation sites is 2. The molecule has 1 fully saturated rings. The summed E-state index contributed by atoms with van der Waals surface area (Å²) in [6, 6.07) is 7.89. The first-order valence-electron chi connectivity index (χ1n) is 7.46. The van der Waals surface area contributed by atoms with Crippen molar-refractivity contribution in [1.29, 1.82) is 0 Å². The molecule has 0 bridgehead atoms. The molecule has 0 amide bonds. The highest BCUT2D eigenvalue weighted by molar-refractivity contribution is 5.72. The minimum absolute atomic E-state index is 0.753. The van der Waals surface area contributed by atoms with Crippen LogP contribution in [-0.2, 0) is 6.54 Å². The van der Waals surface area contributed by atoms with Crippen molar-refractivity contribution in [3.8, 4) is 0 Å². The van der Waals surface area contributed by atoms with Crippen LogP contribution in [-0.4, -0.2) is 46.0 Å². The summed E-state index contributed by atoms with van der Waals surface area (Å²) < 4.78 is 5.79. The van der Waals surface area contributed by atoms with E-state index in [1.165, 1.54) is 0 Å². The van der Waals surface area contributed by atoms with Crippen LogP contribution < -0.4 is 4.90 Å². The standard InChI is InChI=1S/C16H17N5O/c1-2-4-14-13(3-1)19-16(22-14)12-20-7-9-21(10-8-20)15-11-17-5-6-18-15/h1-6,11H,7-10,12H2. The fourth-order valence-corrected chi connectivity index (χ4v) is 2.77. The van der Waals surface area contributed by atoms with E-state index in [9.17, 15) is 0 Å². The van der Waals surface area contributed by atoms with Gasteiger partial charge in [0.05, 0.1) is 12.7 Å². The number of aromatic nitrogens is 3. The van der Waals surface area contributed by atoms with Gasteiger partial charge in [0.15, 0.2) is 5.58 Å². The Morgan fingerprint density at radius 2 is 1.91 bits per heavy atom. The number of rotatable bonds is 3. The number of hydrogen-bond donors (Lipinski definition) is 0. The van der Waals surface area contributed by atoms with Gasteiger partial charge in [-0.05, 0) is 12.1 Å². The second-order valence-corrected chi connectivity index (χ2v) is 5.40. The molecule has 6 heteroatoms. The summed E-state index contributed by atoms with van der Waals surface area (Å²) >= 11 is 0. The number of oxazole rings is 1. The van der Waals surface area contributed by atoms with Crippen molar-refractivity contribution in [3.05, 3.63) is 48.7 Å². The van der Waals surface area contributed by atoms with Gasteiger partial charge in [0.25, 0.3) is 0 Å². The Bertz CT molecular complexity index is 716. The maximum atomic E-state index is 5.79. The van der Waals surface area contributed by atoms with Gasteiger partial charge in [-0.1, -0.05) is 12.1 Å². The average Bonchev–Trinajstić information content (AvgIpc) is 2.98. The molecule has 2 aromatic heterocycles. The Balaban J connectivity index is 1.39. The summed E-state index contributed by atoms with van der Waals surface area (Å²) in [7, 11) is 0. The molecule has 0 saturated carbocycles. The van der Waals surface area contributed by atoms with E-state index in [4.69, 9.17) is 4.42 Å². The Morgan fingerprint density at radius 3 is 2.68 bits per heavy atom. The van der Waals surface area contributed by atoms with E-state index in [0.717, 1.165) is 55.5 Å². The molecule has 1 saturated heterocycles. The molecule has 0 radical (unpaired) electrons. The van der Waals surface area contributed by atoms with Gasteiger partial charge >= 0.3 is 0 Å². The van der Waals surface area contributed by atoms with E-state index in [2.05, 4.69) is 24.8 Å². The lowest BCUT2D eigenvalue weighted by molar-refractivity contribution is 0.228. The SMILES string of the molecule is c1ccc2oc(CN3CCN(c4cnccn4)CC3)nc2c1. The fraction of sp³-hybridized carbons (Fsp3) is 0.312. The van der Waals surface area contributed by atoms with Crippen LogP contribution in [0.15, 0.2) is 47.3 Å². The maximum absolute atomic E-state index is 5.79. The molecule has 1 aliphatic rings. The number of piperazine rings is 1. The second-order valence-electron chi connectivity index (χ2n) is 5.40. The van der Waals surface area contributed by atoms with Gasteiger partial charge < -0.3 is 9.32 Å². The Morgan fingerprint density at radius 1 is 1.05 bits per heavy atom. The van der Waals surface area contributed by atoms with Gasteiger partial charge in [-0.15, -0.1) is 0 Å². The predicted molar refractivity (Wildman–Crippen MR) is 83.5 cm³/mol. The van der Waals surface area contributed by atoms with Crippen molar-refractivity contribution >= 4 is 16.9 Å². The molecule has 0 atom stereocenters. The molecular weight excluding hydrogens is 278 g/mol. The second kappa shape index (κ2) is 5.73. The molecule has 0 N–H and O–H groups in total. The normalized spacial score (nSPS) is 16.3. The van der Waals surface area contributed by atoms with E-state index >= 15 is 0 Å². The van der Waals surface area contributed by atoms with Crippen LogP contribution >= 0.6 is 0 Å². The lowest BCUT2D eigenvalue weighted by Crippen LogP contribution is -2.46. The zero-order valence-corrected chi connectivity index (χ0v) is 12.2. The van der Waals surface area contributed by atoms with Gasteiger partial charge in [-0.2, -0.15) is 0 Å². The van der Waals surface area contributed by atoms with Crippen LogP contribution in [0.5, 0.6) is 0 Å². The first-order chi connectivity index (χ1) is 10.9. The highest BCUT2D eigenvalue weighted by atomic mass is 16.3. The molecule has 112 valence electrons. The minimum atomic E-state index is 0.753. The molecular formula is C16H17N5O. The number of nitrogens with zero attached hydrogens (tertiary/aromatic N) is 5. The zero-order valence-electron chi connectivity index (χ0n) is 12.2. The number of hydrogen-bond acceptors (Lipinski definition) is 6. The third-order valence-corrected chi connectivity index (χ3v) is 3.94. The third-order valence-electron chi connectivity index (χ3n) is 3.94. The number of benzene rings is 1. The Hall–Kier alpha value is -2.47. The fourth-order valence-electron chi connectivity index (χ4n) is 2.77. The van der Waals surface area contributed by atoms with E-state index in [-0.39, 0.29) is 0 Å². The minimum Gasteiger partial charge on any atom is -0.439 e. The van der Waals surface area contributed by atoms with Crippen molar-refractivity contribution in [2.75, 3.05) is 31.1 Å². The van der Waals surface area contributed by atoms with E-state index < -0.39 is 0 Å². The van der Waals surface area contributed by atoms with Gasteiger partial charge in [0.2, 0.25) is 5.89 Å². The van der Waals surface area contributed by atoms with Gasteiger partial charge in [-0.25, -0.2) is 9.97 Å². The summed E-state index contributed by atoms with van der Waals surface area (Å²) in [5.41, 5.74) is 1.78. The molecule has 4 rings (SSSR count). The Labute approximate surface area is 128 Å². The van der Waals surface area contributed by atoms with Crippen molar-refractivity contribution in [2.45, 2.75) is 6.54 Å². The smallest absolute Gasteiger partial charge is 0.209 e. The van der Waals surface area contributed by atoms with E-state index in [0.29, 0.717) is 0 Å². The van der Waals surface area contributed by atoms with Crippen LogP contribution in [0.3, 0.4) is 0 Å². The molecule has 3 heterocycles. The summed E-state index contributed by atoms with van der Waals surface area (Å²) in [6.07, 6.45) is 5.25. The van der Waals surface area contributed by atoms with Crippen molar-refractivity contribution < 1.29 is 4.42 Å². The van der Waals surface area contributed by atoms with Gasteiger partial charge in [-0.3, -0.25) is 9.88 Å². The van der Waals surface area contributed by atoms with E-state index in [1.54, 1.807) is 12.4 Å². The molecule has 6 nitrogen and oxygen atoms in total. The topological polar surface area (TPSA) is 58.3 Å². The lowest BCUT2D eigenvalue weighted by atomic mass is 10.3.